The van der Waals surface area contributed by atoms with Crippen molar-refractivity contribution in [3.05, 3.63) is 54.6 Å². The number of benzene rings is 2. The van der Waals surface area contributed by atoms with Crippen molar-refractivity contribution in [1.29, 1.82) is 0 Å². The Labute approximate surface area is 142 Å². The van der Waals surface area contributed by atoms with Crippen LogP contribution in [0.5, 0.6) is 0 Å². The number of carboxylic acid groups (broad SMARTS) is 2. The van der Waals surface area contributed by atoms with Crippen LogP contribution < -0.4 is 10.2 Å². The maximum absolute atomic E-state index is 11.3. The van der Waals surface area contributed by atoms with Gasteiger partial charge in [-0.3, -0.25) is 0 Å². The maximum Gasteiger partial charge on any atom is 0.0603 e. The number of fused-ring (bicyclic) bond motifs is 1. The number of aromatic amines is 1. The number of para-hydroxylation sites is 1. The molecule has 0 radical (unpaired) electrons. The van der Waals surface area contributed by atoms with Crippen LogP contribution in [0.4, 0.5) is 0 Å². The van der Waals surface area contributed by atoms with Gasteiger partial charge in [0.2, 0.25) is 0 Å². The number of hydrogen-bond acceptors (Lipinski definition) is 5. The maximum atomic E-state index is 11.3. The van der Waals surface area contributed by atoms with Gasteiger partial charge >= 0.3 is 0 Å². The molecule has 0 spiro atoms. The highest BCUT2D eigenvalue weighted by Crippen LogP contribution is 2.40. The standard InChI is InChI=1S/C18H15NO4S/c20-15(21)10-14(18(22)23)24-17-12-8-4-5-9-13(12)19-16(17)11-6-2-1-3-7-11/h1-9,14,19H,10H2,(H,20,21)(H,22,23)/p-2. The lowest BCUT2D eigenvalue weighted by atomic mass is 10.1. The molecule has 0 fully saturated rings. The van der Waals surface area contributed by atoms with Crippen molar-refractivity contribution in [2.75, 3.05) is 0 Å². The predicted molar refractivity (Wildman–Crippen MR) is 88.0 cm³/mol. The van der Waals surface area contributed by atoms with Crippen LogP contribution in [0.15, 0.2) is 59.5 Å². The molecule has 1 atom stereocenters. The summed E-state index contributed by atoms with van der Waals surface area (Å²) in [6, 6.07) is 16.9. The van der Waals surface area contributed by atoms with E-state index in [1.54, 1.807) is 0 Å². The fraction of sp³-hybridized carbons (Fsp3) is 0.111. The molecule has 0 bridgehead atoms. The Kier molecular flexibility index (Phi) is 4.57. The van der Waals surface area contributed by atoms with Crippen molar-refractivity contribution < 1.29 is 19.8 Å². The summed E-state index contributed by atoms with van der Waals surface area (Å²) in [7, 11) is 0. The molecule has 0 saturated carbocycles. The molecule has 3 aromatic rings. The van der Waals surface area contributed by atoms with Gasteiger partial charge in [0, 0.05) is 28.2 Å². The molecule has 3 rings (SSSR count). The van der Waals surface area contributed by atoms with Gasteiger partial charge in [-0.25, -0.2) is 0 Å². The largest absolute Gasteiger partial charge is 0.550 e. The van der Waals surface area contributed by atoms with E-state index in [1.807, 2.05) is 54.6 Å². The van der Waals surface area contributed by atoms with Gasteiger partial charge in [0.05, 0.1) is 16.9 Å². The molecule has 24 heavy (non-hydrogen) atoms. The number of carboxylic acids is 2. The Morgan fingerprint density at radius 1 is 1.00 bits per heavy atom. The third kappa shape index (κ3) is 3.28. The number of carbonyl (C=O) groups excluding carboxylic acids is 2. The van der Waals surface area contributed by atoms with Crippen LogP contribution in [0.25, 0.3) is 22.2 Å². The van der Waals surface area contributed by atoms with E-state index in [-0.39, 0.29) is 0 Å². The number of rotatable bonds is 6. The number of H-pyrrole nitrogens is 1. The summed E-state index contributed by atoms with van der Waals surface area (Å²) in [6.45, 7) is 0. The summed E-state index contributed by atoms with van der Waals surface area (Å²) in [4.78, 5) is 26.1. The SMILES string of the molecule is O=C([O-])CC(Sc1c(-c2ccccc2)[nH]c2ccccc12)C(=O)[O-]. The van der Waals surface area contributed by atoms with Gasteiger partial charge in [0.15, 0.2) is 0 Å². The lowest BCUT2D eigenvalue weighted by Crippen LogP contribution is -2.38. The molecule has 1 heterocycles. The van der Waals surface area contributed by atoms with Crippen LogP contribution in [0.2, 0.25) is 0 Å². The molecule has 0 amide bonds. The first-order chi connectivity index (χ1) is 11.6. The number of aromatic nitrogens is 1. The van der Waals surface area contributed by atoms with Crippen LogP contribution in [0, 0.1) is 0 Å². The summed E-state index contributed by atoms with van der Waals surface area (Å²) in [5.41, 5.74) is 2.50. The number of carbonyl (C=O) groups is 2. The zero-order valence-electron chi connectivity index (χ0n) is 12.5. The minimum absolute atomic E-state index is 0.610. The third-order valence-corrected chi connectivity index (χ3v) is 4.90. The molecule has 0 aliphatic carbocycles. The van der Waals surface area contributed by atoms with E-state index < -0.39 is 23.6 Å². The monoisotopic (exact) mass is 339 g/mol. The predicted octanol–water partition coefficient (Wildman–Crippen LogP) is 1.19. The second-order valence-corrected chi connectivity index (χ2v) is 6.46. The Morgan fingerprint density at radius 3 is 2.33 bits per heavy atom. The highest BCUT2D eigenvalue weighted by atomic mass is 32.2. The average molecular weight is 339 g/mol. The quantitative estimate of drug-likeness (QED) is 0.681. The van der Waals surface area contributed by atoms with Crippen molar-refractivity contribution in [1.82, 2.24) is 4.98 Å². The lowest BCUT2D eigenvalue weighted by Gasteiger charge is -2.18. The first-order valence-electron chi connectivity index (χ1n) is 7.29. The van der Waals surface area contributed by atoms with Gasteiger partial charge in [-0.05, 0) is 11.6 Å². The highest BCUT2D eigenvalue weighted by Gasteiger charge is 2.19. The van der Waals surface area contributed by atoms with E-state index in [4.69, 9.17) is 0 Å². The minimum Gasteiger partial charge on any atom is -0.550 e. The van der Waals surface area contributed by atoms with E-state index in [2.05, 4.69) is 4.98 Å². The molecule has 1 N–H and O–H groups in total. The lowest BCUT2D eigenvalue weighted by molar-refractivity contribution is -0.314. The molecular weight excluding hydrogens is 326 g/mol. The van der Waals surface area contributed by atoms with Gasteiger partial charge in [-0.1, -0.05) is 48.5 Å². The third-order valence-electron chi connectivity index (χ3n) is 3.60. The zero-order valence-corrected chi connectivity index (χ0v) is 13.3. The number of aliphatic carboxylic acids is 2. The van der Waals surface area contributed by atoms with Gasteiger partial charge in [0.1, 0.15) is 0 Å². The minimum atomic E-state index is -1.42. The topological polar surface area (TPSA) is 96.0 Å². The average Bonchev–Trinajstić information content (AvgIpc) is 2.93. The Balaban J connectivity index is 2.11. The van der Waals surface area contributed by atoms with Crippen molar-refractivity contribution in [3.8, 4) is 11.3 Å². The summed E-state index contributed by atoms with van der Waals surface area (Å²) < 4.78 is 0. The van der Waals surface area contributed by atoms with E-state index in [9.17, 15) is 19.8 Å². The van der Waals surface area contributed by atoms with E-state index in [1.165, 1.54) is 0 Å². The molecule has 2 aromatic carbocycles. The van der Waals surface area contributed by atoms with Crippen LogP contribution in [0.1, 0.15) is 6.42 Å². The summed E-state index contributed by atoms with van der Waals surface area (Å²) >= 11 is 0.969. The number of thioether (sulfide) groups is 1. The Hall–Kier alpha value is -2.73. The molecule has 1 unspecified atom stereocenters. The van der Waals surface area contributed by atoms with E-state index >= 15 is 0 Å². The molecule has 0 aliphatic rings. The fourth-order valence-corrected chi connectivity index (χ4v) is 3.71. The van der Waals surface area contributed by atoms with Crippen LogP contribution in [-0.4, -0.2) is 22.2 Å². The second kappa shape index (κ2) is 6.80. The zero-order chi connectivity index (χ0) is 17.1. The Bertz CT molecular complexity index is 888. The van der Waals surface area contributed by atoms with Crippen molar-refractivity contribution >= 4 is 34.6 Å². The summed E-state index contributed by atoms with van der Waals surface area (Å²) in [5, 5.41) is 21.8. The van der Waals surface area contributed by atoms with Gasteiger partial charge in [-0.15, -0.1) is 11.8 Å². The Morgan fingerprint density at radius 2 is 1.67 bits per heavy atom. The van der Waals surface area contributed by atoms with Gasteiger partial charge < -0.3 is 24.8 Å². The molecule has 5 nitrogen and oxygen atoms in total. The van der Waals surface area contributed by atoms with Crippen molar-refractivity contribution in [2.45, 2.75) is 16.6 Å². The molecule has 6 heteroatoms. The smallest absolute Gasteiger partial charge is 0.0603 e. The van der Waals surface area contributed by atoms with Crippen molar-refractivity contribution in [3.63, 3.8) is 0 Å². The normalized spacial score (nSPS) is 12.2. The van der Waals surface area contributed by atoms with Crippen LogP contribution >= 0.6 is 11.8 Å². The summed E-state index contributed by atoms with van der Waals surface area (Å²) in [6.07, 6.45) is -0.610. The van der Waals surface area contributed by atoms with E-state index in [0.29, 0.717) is 4.90 Å². The number of nitrogens with one attached hydrogen (secondary N) is 1. The highest BCUT2D eigenvalue weighted by molar-refractivity contribution is 8.01. The van der Waals surface area contributed by atoms with Gasteiger partial charge in [-0.2, -0.15) is 0 Å². The van der Waals surface area contributed by atoms with Crippen LogP contribution in [-0.2, 0) is 9.59 Å². The molecule has 122 valence electrons. The molecule has 1 aromatic heterocycles. The molecular formula is C18H13NO4S-2. The number of hydrogen-bond donors (Lipinski definition) is 1. The summed E-state index contributed by atoms with van der Waals surface area (Å²) in [5.74, 6) is -2.84. The van der Waals surface area contributed by atoms with E-state index in [0.717, 1.165) is 33.9 Å². The van der Waals surface area contributed by atoms with Crippen LogP contribution in [0.3, 0.4) is 0 Å². The first-order valence-corrected chi connectivity index (χ1v) is 8.17. The second-order valence-electron chi connectivity index (χ2n) is 5.24. The van der Waals surface area contributed by atoms with Crippen molar-refractivity contribution in [2.24, 2.45) is 0 Å². The molecule has 0 saturated heterocycles. The molecule has 0 aliphatic heterocycles. The first kappa shape index (κ1) is 16.1. The fourth-order valence-electron chi connectivity index (χ4n) is 2.51. The van der Waals surface area contributed by atoms with Gasteiger partial charge in [0.25, 0.3) is 0 Å².